The third-order valence-electron chi connectivity index (χ3n) is 7.03. The van der Waals surface area contributed by atoms with Gasteiger partial charge >= 0.3 is 0 Å². The third-order valence-corrected chi connectivity index (χ3v) is 7.03. The Hall–Kier alpha value is -3.03. The largest absolute Gasteiger partial charge is 0.326 e. The molecule has 1 saturated carbocycles. The molecule has 2 unspecified atom stereocenters. The Morgan fingerprint density at radius 3 is 2.38 bits per heavy atom. The van der Waals surface area contributed by atoms with E-state index in [9.17, 15) is 14.4 Å². The fraction of sp³-hybridized carbons (Fsp3) is 0.542. The summed E-state index contributed by atoms with van der Waals surface area (Å²) in [6, 6.07) is 7.59. The van der Waals surface area contributed by atoms with Crippen LogP contribution in [-0.2, 0) is 27.3 Å². The molecule has 2 fully saturated rings. The van der Waals surface area contributed by atoms with Gasteiger partial charge in [-0.2, -0.15) is 0 Å². The van der Waals surface area contributed by atoms with E-state index < -0.39 is 0 Å². The number of nitrogens with zero attached hydrogens (tertiary/aromatic N) is 4. The topological polar surface area (TPSA) is 97.2 Å². The number of rotatable bonds is 5. The van der Waals surface area contributed by atoms with E-state index in [1.165, 1.54) is 11.3 Å². The van der Waals surface area contributed by atoms with Crippen molar-refractivity contribution in [3.63, 3.8) is 0 Å². The van der Waals surface area contributed by atoms with Gasteiger partial charge in [0.2, 0.25) is 17.7 Å². The minimum absolute atomic E-state index is 0.0932. The van der Waals surface area contributed by atoms with E-state index >= 15 is 0 Å². The highest BCUT2D eigenvalue weighted by Gasteiger charge is 2.47. The second-order valence-electron chi connectivity index (χ2n) is 9.10. The highest BCUT2D eigenvalue weighted by atomic mass is 16.2. The molecule has 2 aromatic rings. The molecule has 3 amide bonds. The highest BCUT2D eigenvalue weighted by molar-refractivity contribution is 6.05. The molecular formula is C24H29N5O3. The Balaban J connectivity index is 1.18. The van der Waals surface area contributed by atoms with Crippen LogP contribution in [0.5, 0.6) is 0 Å². The average Bonchev–Trinajstić information content (AvgIpc) is 3.21. The van der Waals surface area contributed by atoms with Crippen molar-refractivity contribution < 1.29 is 14.4 Å². The molecule has 0 spiro atoms. The second-order valence-corrected chi connectivity index (χ2v) is 9.10. The lowest BCUT2D eigenvalue weighted by Gasteiger charge is -2.19. The van der Waals surface area contributed by atoms with Gasteiger partial charge in [-0.05, 0) is 49.9 Å². The first-order valence-electron chi connectivity index (χ1n) is 11.8. The predicted molar refractivity (Wildman–Crippen MR) is 118 cm³/mol. The normalized spacial score (nSPS) is 22.9. The van der Waals surface area contributed by atoms with Gasteiger partial charge in [-0.15, -0.1) is 10.2 Å². The molecule has 32 heavy (non-hydrogen) atoms. The number of carbonyl (C=O) groups is 3. The van der Waals surface area contributed by atoms with Crippen LogP contribution in [0.15, 0.2) is 24.3 Å². The van der Waals surface area contributed by atoms with Gasteiger partial charge in [0.1, 0.15) is 5.82 Å². The molecule has 3 heterocycles. The van der Waals surface area contributed by atoms with Crippen LogP contribution in [0.2, 0.25) is 0 Å². The van der Waals surface area contributed by atoms with Gasteiger partial charge in [0, 0.05) is 37.2 Å². The number of aromatic nitrogens is 3. The Labute approximate surface area is 187 Å². The Morgan fingerprint density at radius 2 is 1.66 bits per heavy atom. The van der Waals surface area contributed by atoms with Crippen LogP contribution in [0.1, 0.15) is 57.2 Å². The van der Waals surface area contributed by atoms with Gasteiger partial charge in [0.15, 0.2) is 5.82 Å². The molecular weight excluding hydrogens is 406 g/mol. The van der Waals surface area contributed by atoms with Crippen molar-refractivity contribution in [2.75, 3.05) is 11.9 Å². The molecule has 8 nitrogen and oxygen atoms in total. The van der Waals surface area contributed by atoms with Crippen LogP contribution in [0.3, 0.4) is 0 Å². The zero-order valence-corrected chi connectivity index (χ0v) is 18.3. The zero-order chi connectivity index (χ0) is 22.1. The van der Waals surface area contributed by atoms with Gasteiger partial charge in [-0.3, -0.25) is 19.3 Å². The molecule has 2 aliphatic heterocycles. The average molecular weight is 436 g/mol. The van der Waals surface area contributed by atoms with Crippen LogP contribution < -0.4 is 5.32 Å². The lowest BCUT2D eigenvalue weighted by atomic mass is 9.81. The van der Waals surface area contributed by atoms with E-state index in [2.05, 4.69) is 20.1 Å². The van der Waals surface area contributed by atoms with E-state index in [4.69, 9.17) is 0 Å². The van der Waals surface area contributed by atoms with Crippen molar-refractivity contribution in [1.29, 1.82) is 0 Å². The number of fused-ring (bicyclic) bond motifs is 2. The monoisotopic (exact) mass is 435 g/mol. The number of likely N-dealkylation sites (tertiary alicyclic amines) is 1. The molecule has 1 saturated heterocycles. The first kappa shape index (κ1) is 20.8. The first-order chi connectivity index (χ1) is 15.6. The standard InChI is InChI=1S/C24H29N5O3/c30-21(13-15-29-23(31)18-6-3-4-7-19(18)24(29)32)25-17-11-9-16(10-12-17)22-27-26-20-8-2-1-5-14-28(20)22/h9-12,18-19H,1-8,13-15H2,(H,25,30). The quantitative estimate of drug-likeness (QED) is 0.728. The first-order valence-corrected chi connectivity index (χ1v) is 11.8. The molecule has 1 aliphatic carbocycles. The Kier molecular flexibility index (Phi) is 5.76. The molecule has 1 aromatic carbocycles. The maximum atomic E-state index is 12.6. The molecule has 2 atom stereocenters. The fourth-order valence-corrected chi connectivity index (χ4v) is 5.29. The highest BCUT2D eigenvalue weighted by Crippen LogP contribution is 2.38. The number of amides is 3. The lowest BCUT2D eigenvalue weighted by Crippen LogP contribution is -2.34. The molecule has 168 valence electrons. The number of anilines is 1. The number of carbonyl (C=O) groups excluding carboxylic acids is 3. The number of nitrogens with one attached hydrogen (secondary N) is 1. The fourth-order valence-electron chi connectivity index (χ4n) is 5.29. The number of hydrogen-bond donors (Lipinski definition) is 1. The van der Waals surface area contributed by atoms with Gasteiger partial charge in [0.25, 0.3) is 0 Å². The Morgan fingerprint density at radius 1 is 0.938 bits per heavy atom. The predicted octanol–water partition coefficient (Wildman–Crippen LogP) is 3.18. The van der Waals surface area contributed by atoms with Gasteiger partial charge in [-0.25, -0.2) is 0 Å². The van der Waals surface area contributed by atoms with E-state index in [0.717, 1.165) is 68.7 Å². The van der Waals surface area contributed by atoms with Gasteiger partial charge in [0.05, 0.1) is 11.8 Å². The van der Waals surface area contributed by atoms with E-state index in [0.29, 0.717) is 5.69 Å². The summed E-state index contributed by atoms with van der Waals surface area (Å²) >= 11 is 0. The van der Waals surface area contributed by atoms with Crippen LogP contribution in [0.25, 0.3) is 11.4 Å². The SMILES string of the molecule is O=C(CCN1C(=O)C2CCCCC2C1=O)Nc1ccc(-c2nnc3n2CCCCC3)cc1. The third kappa shape index (κ3) is 3.94. The van der Waals surface area contributed by atoms with Crippen LogP contribution in [0, 0.1) is 11.8 Å². The molecule has 5 rings (SSSR count). The van der Waals surface area contributed by atoms with Crippen molar-refractivity contribution in [3.05, 3.63) is 30.1 Å². The molecule has 1 N–H and O–H groups in total. The minimum Gasteiger partial charge on any atom is -0.326 e. The summed E-state index contributed by atoms with van der Waals surface area (Å²) in [7, 11) is 0. The second kappa shape index (κ2) is 8.84. The van der Waals surface area contributed by atoms with Crippen molar-refractivity contribution in [1.82, 2.24) is 19.7 Å². The summed E-state index contributed by atoms with van der Waals surface area (Å²) in [5.74, 6) is 1.18. The van der Waals surface area contributed by atoms with Crippen LogP contribution in [-0.4, -0.2) is 43.9 Å². The van der Waals surface area contributed by atoms with Crippen molar-refractivity contribution >= 4 is 23.4 Å². The maximum absolute atomic E-state index is 12.6. The summed E-state index contributed by atoms with van der Waals surface area (Å²) in [6.07, 6.45) is 8.16. The number of hydrogen-bond acceptors (Lipinski definition) is 5. The molecule has 8 heteroatoms. The van der Waals surface area contributed by atoms with Crippen LogP contribution in [0.4, 0.5) is 5.69 Å². The van der Waals surface area contributed by atoms with E-state index in [1.807, 2.05) is 24.3 Å². The lowest BCUT2D eigenvalue weighted by molar-refractivity contribution is -0.140. The molecule has 1 aromatic heterocycles. The summed E-state index contributed by atoms with van der Waals surface area (Å²) in [5, 5.41) is 11.6. The van der Waals surface area contributed by atoms with Crippen molar-refractivity contribution in [2.24, 2.45) is 11.8 Å². The number of benzene rings is 1. The van der Waals surface area contributed by atoms with E-state index in [-0.39, 0.29) is 42.5 Å². The smallest absolute Gasteiger partial charge is 0.233 e. The summed E-state index contributed by atoms with van der Waals surface area (Å²) in [4.78, 5) is 38.9. The van der Waals surface area contributed by atoms with Gasteiger partial charge in [-0.1, -0.05) is 19.3 Å². The molecule has 3 aliphatic rings. The summed E-state index contributed by atoms with van der Waals surface area (Å²) in [5.41, 5.74) is 1.65. The summed E-state index contributed by atoms with van der Waals surface area (Å²) in [6.45, 7) is 1.09. The zero-order valence-electron chi connectivity index (χ0n) is 18.3. The Bertz CT molecular complexity index is 1000. The van der Waals surface area contributed by atoms with Crippen molar-refractivity contribution in [2.45, 2.75) is 64.3 Å². The number of aryl methyl sites for hydroxylation is 1. The summed E-state index contributed by atoms with van der Waals surface area (Å²) < 4.78 is 2.20. The minimum atomic E-state index is -0.204. The van der Waals surface area contributed by atoms with Crippen LogP contribution >= 0.6 is 0 Å². The maximum Gasteiger partial charge on any atom is 0.233 e. The van der Waals surface area contributed by atoms with Crippen molar-refractivity contribution in [3.8, 4) is 11.4 Å². The van der Waals surface area contributed by atoms with E-state index in [1.54, 1.807) is 0 Å². The number of imide groups is 1. The molecule has 0 radical (unpaired) electrons. The van der Waals surface area contributed by atoms with Gasteiger partial charge < -0.3 is 9.88 Å². The molecule has 0 bridgehead atoms.